The molecule has 3 aromatic rings. The van der Waals surface area contributed by atoms with Crippen LogP contribution in [0.4, 0.5) is 10.1 Å². The molecular formula is C22H21FN4O2. The fourth-order valence-corrected chi connectivity index (χ4v) is 3.12. The van der Waals surface area contributed by atoms with Crippen LogP contribution < -0.4 is 10.6 Å². The van der Waals surface area contributed by atoms with Gasteiger partial charge in [-0.25, -0.2) is 9.37 Å². The molecule has 0 unspecified atom stereocenters. The number of aromatic nitrogens is 2. The zero-order valence-corrected chi connectivity index (χ0v) is 15.9. The van der Waals surface area contributed by atoms with Gasteiger partial charge in [0.15, 0.2) is 0 Å². The van der Waals surface area contributed by atoms with Crippen molar-refractivity contribution in [3.05, 3.63) is 83.7 Å². The monoisotopic (exact) mass is 392 g/mol. The highest BCUT2D eigenvalue weighted by atomic mass is 19.1. The quantitative estimate of drug-likeness (QED) is 0.675. The van der Waals surface area contributed by atoms with Crippen LogP contribution in [0.5, 0.6) is 0 Å². The molecule has 1 aromatic heterocycles. The van der Waals surface area contributed by atoms with E-state index < -0.39 is 6.04 Å². The van der Waals surface area contributed by atoms with Crippen molar-refractivity contribution in [2.45, 2.75) is 18.9 Å². The van der Waals surface area contributed by atoms with Crippen LogP contribution in [0.15, 0.2) is 60.9 Å². The maximum absolute atomic E-state index is 13.3. The molecule has 1 aliphatic carbocycles. The van der Waals surface area contributed by atoms with E-state index in [-0.39, 0.29) is 23.5 Å². The summed E-state index contributed by atoms with van der Waals surface area (Å²) in [6.45, 7) is 0. The third kappa shape index (κ3) is 4.34. The first kappa shape index (κ1) is 18.9. The molecule has 1 aliphatic rings. The Bertz CT molecular complexity index is 1020. The van der Waals surface area contributed by atoms with Crippen LogP contribution in [0.3, 0.4) is 0 Å². The normalized spacial score (nSPS) is 14.3. The van der Waals surface area contributed by atoms with Crippen LogP contribution in [0.25, 0.3) is 0 Å². The third-order valence-electron chi connectivity index (χ3n) is 4.96. The van der Waals surface area contributed by atoms with Gasteiger partial charge in [-0.2, -0.15) is 0 Å². The van der Waals surface area contributed by atoms with Gasteiger partial charge >= 0.3 is 0 Å². The molecule has 0 bridgehead atoms. The molecule has 7 heteroatoms. The summed E-state index contributed by atoms with van der Waals surface area (Å²) in [5.74, 6) is 0.142. The van der Waals surface area contributed by atoms with Gasteiger partial charge in [-0.1, -0.05) is 12.1 Å². The Morgan fingerprint density at radius 2 is 1.79 bits per heavy atom. The van der Waals surface area contributed by atoms with Crippen molar-refractivity contribution >= 4 is 17.5 Å². The Hall–Kier alpha value is -3.48. The molecule has 4 rings (SSSR count). The second-order valence-corrected chi connectivity index (χ2v) is 7.20. The predicted octanol–water partition coefficient (Wildman–Crippen LogP) is 3.43. The lowest BCUT2D eigenvalue weighted by Gasteiger charge is -2.19. The topological polar surface area (TPSA) is 76.0 Å². The SMILES string of the molecule is Cn1ccnc1[C@H](NC(=O)c1ccc(NC(=O)C2CC2)cc1)c1ccc(F)cc1. The van der Waals surface area contributed by atoms with Crippen molar-refractivity contribution < 1.29 is 14.0 Å². The average molecular weight is 392 g/mol. The van der Waals surface area contributed by atoms with E-state index in [1.807, 2.05) is 11.6 Å². The Morgan fingerprint density at radius 1 is 1.10 bits per heavy atom. The fraction of sp³-hybridized carbons (Fsp3) is 0.227. The minimum atomic E-state index is -0.530. The molecular weight excluding hydrogens is 371 g/mol. The van der Waals surface area contributed by atoms with Crippen LogP contribution in [0, 0.1) is 11.7 Å². The number of benzene rings is 2. The van der Waals surface area contributed by atoms with Crippen molar-refractivity contribution in [3.8, 4) is 0 Å². The number of hydrogen-bond acceptors (Lipinski definition) is 3. The van der Waals surface area contributed by atoms with Gasteiger partial charge in [-0.15, -0.1) is 0 Å². The van der Waals surface area contributed by atoms with Crippen molar-refractivity contribution in [1.29, 1.82) is 0 Å². The molecule has 1 atom stereocenters. The molecule has 6 nitrogen and oxygen atoms in total. The Balaban J connectivity index is 1.52. The summed E-state index contributed by atoms with van der Waals surface area (Å²) in [5.41, 5.74) is 1.84. The molecule has 1 fully saturated rings. The molecule has 2 amide bonds. The second-order valence-electron chi connectivity index (χ2n) is 7.20. The van der Waals surface area contributed by atoms with Crippen LogP contribution in [-0.4, -0.2) is 21.4 Å². The van der Waals surface area contributed by atoms with Crippen molar-refractivity contribution in [2.24, 2.45) is 13.0 Å². The second kappa shape index (κ2) is 7.87. The van der Waals surface area contributed by atoms with Gasteiger partial charge < -0.3 is 15.2 Å². The summed E-state index contributed by atoms with van der Waals surface area (Å²) >= 11 is 0. The Kier molecular flexibility index (Phi) is 5.12. The van der Waals surface area contributed by atoms with E-state index in [2.05, 4.69) is 15.6 Å². The Morgan fingerprint density at radius 3 is 2.38 bits per heavy atom. The van der Waals surface area contributed by atoms with E-state index in [4.69, 9.17) is 0 Å². The number of imidazole rings is 1. The zero-order chi connectivity index (χ0) is 20.4. The van der Waals surface area contributed by atoms with Crippen molar-refractivity contribution in [3.63, 3.8) is 0 Å². The van der Waals surface area contributed by atoms with E-state index in [0.29, 0.717) is 17.1 Å². The summed E-state index contributed by atoms with van der Waals surface area (Å²) in [6, 6.07) is 12.2. The summed E-state index contributed by atoms with van der Waals surface area (Å²) in [5, 5.41) is 5.82. The number of hydrogen-bond donors (Lipinski definition) is 2. The number of amides is 2. The van der Waals surface area contributed by atoms with Gasteiger partial charge in [0.2, 0.25) is 5.91 Å². The number of halogens is 1. The minimum absolute atomic E-state index is 0.0216. The average Bonchev–Trinajstić information content (AvgIpc) is 3.49. The number of carbonyl (C=O) groups is 2. The number of nitrogens with zero attached hydrogens (tertiary/aromatic N) is 2. The molecule has 29 heavy (non-hydrogen) atoms. The zero-order valence-electron chi connectivity index (χ0n) is 15.9. The maximum Gasteiger partial charge on any atom is 0.252 e. The highest BCUT2D eigenvalue weighted by Gasteiger charge is 2.29. The summed E-state index contributed by atoms with van der Waals surface area (Å²) < 4.78 is 15.2. The van der Waals surface area contributed by atoms with E-state index in [0.717, 1.165) is 18.4 Å². The predicted molar refractivity (Wildman–Crippen MR) is 107 cm³/mol. The standard InChI is InChI=1S/C22H21FN4O2/c1-27-13-12-24-20(27)19(14-4-8-17(23)9-5-14)26-22(29)16-6-10-18(11-7-16)25-21(28)15-2-3-15/h4-13,15,19H,2-3H2,1H3,(H,25,28)(H,26,29)/t19-/m1/s1. The van der Waals surface area contributed by atoms with Crippen molar-refractivity contribution in [1.82, 2.24) is 14.9 Å². The van der Waals surface area contributed by atoms with Crippen LogP contribution in [0.2, 0.25) is 0 Å². The molecule has 148 valence electrons. The smallest absolute Gasteiger partial charge is 0.252 e. The van der Waals surface area contributed by atoms with Crippen molar-refractivity contribution in [2.75, 3.05) is 5.32 Å². The number of aryl methyl sites for hydroxylation is 1. The van der Waals surface area contributed by atoms with E-state index in [1.165, 1.54) is 12.1 Å². The fourth-order valence-electron chi connectivity index (χ4n) is 3.12. The molecule has 2 N–H and O–H groups in total. The lowest BCUT2D eigenvalue weighted by molar-refractivity contribution is -0.117. The molecule has 1 heterocycles. The van der Waals surface area contributed by atoms with Gasteiger partial charge in [0.1, 0.15) is 17.7 Å². The lowest BCUT2D eigenvalue weighted by Crippen LogP contribution is -2.31. The number of anilines is 1. The first-order valence-corrected chi connectivity index (χ1v) is 9.46. The number of rotatable bonds is 6. The van der Waals surface area contributed by atoms with Gasteiger partial charge in [0.05, 0.1) is 0 Å². The van der Waals surface area contributed by atoms with Crippen LogP contribution in [-0.2, 0) is 11.8 Å². The molecule has 0 spiro atoms. The highest BCUT2D eigenvalue weighted by molar-refractivity contribution is 5.97. The van der Waals surface area contributed by atoms with E-state index in [9.17, 15) is 14.0 Å². The number of carbonyl (C=O) groups excluding carboxylic acids is 2. The van der Waals surface area contributed by atoms with Gasteiger partial charge in [0.25, 0.3) is 5.91 Å². The molecule has 0 saturated heterocycles. The van der Waals surface area contributed by atoms with Gasteiger partial charge in [0, 0.05) is 36.6 Å². The lowest BCUT2D eigenvalue weighted by atomic mass is 10.0. The van der Waals surface area contributed by atoms with E-state index in [1.54, 1.807) is 48.8 Å². The number of nitrogens with one attached hydrogen (secondary N) is 2. The van der Waals surface area contributed by atoms with Gasteiger partial charge in [-0.3, -0.25) is 9.59 Å². The highest BCUT2D eigenvalue weighted by Crippen LogP contribution is 2.30. The first-order chi connectivity index (χ1) is 14.0. The Labute approximate surface area is 167 Å². The molecule has 1 saturated carbocycles. The molecule has 0 radical (unpaired) electrons. The maximum atomic E-state index is 13.3. The third-order valence-corrected chi connectivity index (χ3v) is 4.96. The largest absolute Gasteiger partial charge is 0.338 e. The summed E-state index contributed by atoms with van der Waals surface area (Å²) in [6.07, 6.45) is 5.30. The summed E-state index contributed by atoms with van der Waals surface area (Å²) in [4.78, 5) is 29.0. The summed E-state index contributed by atoms with van der Waals surface area (Å²) in [7, 11) is 1.84. The van der Waals surface area contributed by atoms with Crippen LogP contribution >= 0.6 is 0 Å². The molecule has 2 aromatic carbocycles. The van der Waals surface area contributed by atoms with Gasteiger partial charge in [-0.05, 0) is 54.8 Å². The van der Waals surface area contributed by atoms with E-state index >= 15 is 0 Å². The molecule has 0 aliphatic heterocycles. The minimum Gasteiger partial charge on any atom is -0.338 e. The first-order valence-electron chi connectivity index (χ1n) is 9.46. The van der Waals surface area contributed by atoms with Crippen LogP contribution in [0.1, 0.15) is 40.6 Å².